The van der Waals surface area contributed by atoms with E-state index in [1.54, 1.807) is 36.1 Å². The molecule has 0 aromatic carbocycles. The largest absolute Gasteiger partial charge is 0.478 e. The minimum Gasteiger partial charge on any atom is -0.478 e. The fourth-order valence-corrected chi connectivity index (χ4v) is 1.73. The van der Waals surface area contributed by atoms with Crippen molar-refractivity contribution >= 4 is 18.0 Å². The van der Waals surface area contributed by atoms with E-state index in [1.165, 1.54) is 12.3 Å². The van der Waals surface area contributed by atoms with E-state index in [0.717, 1.165) is 11.8 Å². The molecule has 2 heterocycles. The molecule has 108 valence electrons. The van der Waals surface area contributed by atoms with E-state index in [4.69, 9.17) is 5.11 Å². The summed E-state index contributed by atoms with van der Waals surface area (Å²) in [5.41, 5.74) is 1.47. The number of aryl methyl sites for hydroxylation is 1. The van der Waals surface area contributed by atoms with Crippen LogP contribution in [0.2, 0.25) is 0 Å². The molecular weight excluding hydrogens is 272 g/mol. The summed E-state index contributed by atoms with van der Waals surface area (Å²) in [4.78, 5) is 26.7. The van der Waals surface area contributed by atoms with Gasteiger partial charge in [0.1, 0.15) is 5.69 Å². The number of carbonyl (C=O) groups is 2. The average Bonchev–Trinajstić information content (AvgIpc) is 2.88. The third-order valence-electron chi connectivity index (χ3n) is 2.81. The van der Waals surface area contributed by atoms with E-state index in [9.17, 15) is 9.59 Å². The summed E-state index contributed by atoms with van der Waals surface area (Å²) < 4.78 is 1.66. The van der Waals surface area contributed by atoms with E-state index in [2.05, 4.69) is 15.4 Å². The predicted molar refractivity (Wildman–Crippen MR) is 75.3 cm³/mol. The van der Waals surface area contributed by atoms with Gasteiger partial charge in [-0.15, -0.1) is 0 Å². The standard InChI is InChI=1S/C14H14N4O3/c1-18-11(6-8-17-18)9-16-14(21)13-10(3-2-7-15-13)4-5-12(19)20/h2-8H,9H2,1H3,(H,16,21)(H,19,20)/b5-4+. The molecule has 0 aliphatic rings. The van der Waals surface area contributed by atoms with Crippen LogP contribution in [0.5, 0.6) is 0 Å². The molecule has 7 heteroatoms. The first-order valence-corrected chi connectivity index (χ1v) is 6.19. The number of aromatic nitrogens is 3. The molecule has 1 amide bonds. The molecule has 0 atom stereocenters. The van der Waals surface area contributed by atoms with Crippen LogP contribution in [0.25, 0.3) is 6.08 Å². The Kier molecular flexibility index (Phi) is 4.45. The Hall–Kier alpha value is -2.96. The molecule has 0 spiro atoms. The number of hydrogen-bond donors (Lipinski definition) is 2. The lowest BCUT2D eigenvalue weighted by Crippen LogP contribution is -2.25. The van der Waals surface area contributed by atoms with Gasteiger partial charge in [0.15, 0.2) is 0 Å². The van der Waals surface area contributed by atoms with Gasteiger partial charge < -0.3 is 10.4 Å². The number of carbonyl (C=O) groups excluding carboxylic acids is 1. The lowest BCUT2D eigenvalue weighted by atomic mass is 10.1. The molecule has 0 bridgehead atoms. The van der Waals surface area contributed by atoms with Crippen LogP contribution in [-0.4, -0.2) is 31.7 Å². The van der Waals surface area contributed by atoms with Crippen molar-refractivity contribution in [3.05, 3.63) is 53.6 Å². The van der Waals surface area contributed by atoms with Gasteiger partial charge in [-0.3, -0.25) is 14.5 Å². The molecule has 0 radical (unpaired) electrons. The zero-order valence-corrected chi connectivity index (χ0v) is 11.4. The molecule has 2 aromatic heterocycles. The number of carboxylic acids is 1. The zero-order valence-electron chi connectivity index (χ0n) is 11.4. The fourth-order valence-electron chi connectivity index (χ4n) is 1.73. The maximum Gasteiger partial charge on any atom is 0.328 e. The molecule has 0 saturated carbocycles. The Labute approximate surface area is 120 Å². The van der Waals surface area contributed by atoms with Crippen LogP contribution in [0.1, 0.15) is 21.7 Å². The summed E-state index contributed by atoms with van der Waals surface area (Å²) in [6.45, 7) is 0.313. The summed E-state index contributed by atoms with van der Waals surface area (Å²) in [5, 5.41) is 15.4. The Morgan fingerprint density at radius 2 is 2.19 bits per heavy atom. The van der Waals surface area contributed by atoms with Gasteiger partial charge in [-0.2, -0.15) is 5.10 Å². The minimum atomic E-state index is -1.08. The molecule has 0 fully saturated rings. The summed E-state index contributed by atoms with van der Waals surface area (Å²) >= 11 is 0. The topological polar surface area (TPSA) is 97.1 Å². The van der Waals surface area contributed by atoms with Crippen molar-refractivity contribution in [1.82, 2.24) is 20.1 Å². The number of nitrogens with zero attached hydrogens (tertiary/aromatic N) is 3. The molecule has 0 aliphatic heterocycles. The molecule has 0 unspecified atom stereocenters. The number of rotatable bonds is 5. The second-order valence-electron chi connectivity index (χ2n) is 4.24. The van der Waals surface area contributed by atoms with E-state index < -0.39 is 5.97 Å². The first kappa shape index (κ1) is 14.4. The number of aliphatic carboxylic acids is 1. The predicted octanol–water partition coefficient (Wildman–Crippen LogP) is 0.843. The normalized spacial score (nSPS) is 10.7. The van der Waals surface area contributed by atoms with Crippen molar-refractivity contribution in [1.29, 1.82) is 0 Å². The lowest BCUT2D eigenvalue weighted by Gasteiger charge is -2.07. The molecule has 0 saturated heterocycles. The Morgan fingerprint density at radius 3 is 2.86 bits per heavy atom. The Morgan fingerprint density at radius 1 is 1.38 bits per heavy atom. The highest BCUT2D eigenvalue weighted by atomic mass is 16.4. The second-order valence-corrected chi connectivity index (χ2v) is 4.24. The van der Waals surface area contributed by atoms with Crippen molar-refractivity contribution in [3.8, 4) is 0 Å². The quantitative estimate of drug-likeness (QED) is 0.794. The summed E-state index contributed by atoms with van der Waals surface area (Å²) in [6.07, 6.45) is 5.43. The van der Waals surface area contributed by atoms with Gasteiger partial charge in [0, 0.05) is 31.1 Å². The van der Waals surface area contributed by atoms with Crippen LogP contribution < -0.4 is 5.32 Å². The first-order chi connectivity index (χ1) is 10.1. The highest BCUT2D eigenvalue weighted by molar-refractivity contribution is 5.97. The third-order valence-corrected chi connectivity index (χ3v) is 2.81. The summed E-state index contributed by atoms with van der Waals surface area (Å²) in [5.74, 6) is -1.46. The highest BCUT2D eigenvalue weighted by Gasteiger charge is 2.11. The smallest absolute Gasteiger partial charge is 0.328 e. The summed E-state index contributed by atoms with van der Waals surface area (Å²) in [7, 11) is 1.78. The van der Waals surface area contributed by atoms with Gasteiger partial charge in [0.05, 0.1) is 12.2 Å². The number of pyridine rings is 1. The number of carboxylic acid groups (broad SMARTS) is 1. The second kappa shape index (κ2) is 6.47. The SMILES string of the molecule is Cn1nccc1CNC(=O)c1ncccc1/C=C/C(=O)O. The van der Waals surface area contributed by atoms with Crippen molar-refractivity contribution in [3.63, 3.8) is 0 Å². The molecular formula is C14H14N4O3. The summed E-state index contributed by atoms with van der Waals surface area (Å²) in [6, 6.07) is 5.06. The van der Waals surface area contributed by atoms with E-state index in [0.29, 0.717) is 12.1 Å². The highest BCUT2D eigenvalue weighted by Crippen LogP contribution is 2.08. The van der Waals surface area contributed by atoms with Gasteiger partial charge in [0.2, 0.25) is 0 Å². The van der Waals surface area contributed by atoms with Gasteiger partial charge in [-0.1, -0.05) is 6.07 Å². The molecule has 0 aliphatic carbocycles. The van der Waals surface area contributed by atoms with Crippen LogP contribution in [0.4, 0.5) is 0 Å². The van der Waals surface area contributed by atoms with E-state index >= 15 is 0 Å². The van der Waals surface area contributed by atoms with Crippen molar-refractivity contribution < 1.29 is 14.7 Å². The van der Waals surface area contributed by atoms with Crippen molar-refractivity contribution in [2.45, 2.75) is 6.54 Å². The van der Waals surface area contributed by atoms with Crippen LogP contribution >= 0.6 is 0 Å². The Bertz CT molecular complexity index is 691. The number of amides is 1. The van der Waals surface area contributed by atoms with E-state index in [-0.39, 0.29) is 11.6 Å². The molecule has 7 nitrogen and oxygen atoms in total. The van der Waals surface area contributed by atoms with Crippen LogP contribution in [0.3, 0.4) is 0 Å². The van der Waals surface area contributed by atoms with Gasteiger partial charge in [-0.05, 0) is 18.2 Å². The van der Waals surface area contributed by atoms with Gasteiger partial charge in [-0.25, -0.2) is 4.79 Å². The van der Waals surface area contributed by atoms with Crippen molar-refractivity contribution in [2.24, 2.45) is 7.05 Å². The molecule has 2 N–H and O–H groups in total. The molecule has 21 heavy (non-hydrogen) atoms. The van der Waals surface area contributed by atoms with E-state index in [1.807, 2.05) is 0 Å². The van der Waals surface area contributed by atoms with Gasteiger partial charge >= 0.3 is 5.97 Å². The third kappa shape index (κ3) is 3.75. The first-order valence-electron chi connectivity index (χ1n) is 6.19. The zero-order chi connectivity index (χ0) is 15.2. The lowest BCUT2D eigenvalue weighted by molar-refractivity contribution is -0.131. The fraction of sp³-hybridized carbons (Fsp3) is 0.143. The van der Waals surface area contributed by atoms with Crippen LogP contribution in [0.15, 0.2) is 36.7 Å². The number of nitrogens with one attached hydrogen (secondary N) is 1. The van der Waals surface area contributed by atoms with Crippen LogP contribution in [-0.2, 0) is 18.4 Å². The molecule has 2 aromatic rings. The maximum absolute atomic E-state index is 12.1. The monoisotopic (exact) mass is 286 g/mol. The molecule has 2 rings (SSSR count). The van der Waals surface area contributed by atoms with Gasteiger partial charge in [0.25, 0.3) is 5.91 Å². The average molecular weight is 286 g/mol. The van der Waals surface area contributed by atoms with Crippen LogP contribution in [0, 0.1) is 0 Å². The minimum absolute atomic E-state index is 0.178. The maximum atomic E-state index is 12.1. The number of hydrogen-bond acceptors (Lipinski definition) is 4. The van der Waals surface area contributed by atoms with Crippen molar-refractivity contribution in [2.75, 3.05) is 0 Å². The Balaban J connectivity index is 2.12.